The molecular weight excluding hydrogens is 349 g/mol. The molecule has 25 heavy (non-hydrogen) atoms. The molecule has 0 heterocycles. The van der Waals surface area contributed by atoms with Gasteiger partial charge in [-0.15, -0.1) is 0 Å². The second kappa shape index (κ2) is 19.0. The van der Waals surface area contributed by atoms with Crippen LogP contribution in [0.1, 0.15) is 90.4 Å². The van der Waals surface area contributed by atoms with Crippen molar-refractivity contribution in [3.05, 3.63) is 0 Å². The third-order valence-corrected chi connectivity index (χ3v) is 3.89. The molecule has 0 aromatic rings. The van der Waals surface area contributed by atoms with Gasteiger partial charge in [-0.25, -0.2) is 4.79 Å². The van der Waals surface area contributed by atoms with Gasteiger partial charge >= 0.3 is 63.3 Å². The van der Waals surface area contributed by atoms with Crippen molar-refractivity contribution < 1.29 is 75.6 Å². The molecule has 0 aliphatic carbocycles. The van der Waals surface area contributed by atoms with E-state index >= 15 is 0 Å². The van der Waals surface area contributed by atoms with Crippen LogP contribution in [0.5, 0.6) is 0 Å². The molecular formula is C18H32KNO5. The van der Waals surface area contributed by atoms with Crippen molar-refractivity contribution in [1.82, 2.24) is 0 Å². The Kier molecular flexibility index (Phi) is 20.8. The number of ether oxygens (including phenoxy) is 1. The summed E-state index contributed by atoms with van der Waals surface area (Å²) in [5.74, 6) is -3.10. The van der Waals surface area contributed by atoms with Crippen LogP contribution in [0.2, 0.25) is 0 Å². The van der Waals surface area contributed by atoms with Gasteiger partial charge in [0, 0.05) is 18.8 Å². The predicted molar refractivity (Wildman–Crippen MR) is 89.8 cm³/mol. The molecule has 0 saturated heterocycles. The van der Waals surface area contributed by atoms with E-state index in [0.717, 1.165) is 19.3 Å². The van der Waals surface area contributed by atoms with E-state index in [1.807, 2.05) is 0 Å². The number of carbonyl (C=O) groups is 3. The Labute approximate surface area is 194 Å². The van der Waals surface area contributed by atoms with Crippen molar-refractivity contribution in [3.8, 4) is 0 Å². The Balaban J connectivity index is 0. The zero-order chi connectivity index (χ0) is 18.2. The van der Waals surface area contributed by atoms with Crippen LogP contribution in [0, 0.1) is 0 Å². The number of aliphatic carboxylic acids is 1. The number of esters is 2. The van der Waals surface area contributed by atoms with Crippen LogP contribution in [0.3, 0.4) is 0 Å². The van der Waals surface area contributed by atoms with Gasteiger partial charge in [0.05, 0.1) is 0 Å². The number of hydrogen-bond donors (Lipinski definition) is 1. The SMILES string of the molecule is CCCCCCCCCCCCCC(=O)OC(=O)C(N)CC(=O)[O-].[K+]. The fraction of sp³-hybridized carbons (Fsp3) is 0.833. The van der Waals surface area contributed by atoms with E-state index < -0.39 is 30.4 Å². The summed E-state index contributed by atoms with van der Waals surface area (Å²) in [5, 5.41) is 10.3. The molecule has 1 atom stereocenters. The molecule has 0 radical (unpaired) electrons. The van der Waals surface area contributed by atoms with Gasteiger partial charge in [-0.05, 0) is 6.42 Å². The van der Waals surface area contributed by atoms with Crippen molar-refractivity contribution in [2.75, 3.05) is 0 Å². The zero-order valence-electron chi connectivity index (χ0n) is 15.9. The van der Waals surface area contributed by atoms with Gasteiger partial charge in [0.25, 0.3) is 0 Å². The summed E-state index contributed by atoms with van der Waals surface area (Å²) >= 11 is 0. The van der Waals surface area contributed by atoms with E-state index in [-0.39, 0.29) is 57.8 Å². The van der Waals surface area contributed by atoms with Gasteiger partial charge in [0.2, 0.25) is 0 Å². The van der Waals surface area contributed by atoms with E-state index in [1.165, 1.54) is 44.9 Å². The second-order valence-corrected chi connectivity index (χ2v) is 6.26. The zero-order valence-corrected chi connectivity index (χ0v) is 19.0. The van der Waals surface area contributed by atoms with E-state index in [0.29, 0.717) is 6.42 Å². The number of rotatable bonds is 15. The maximum atomic E-state index is 11.4. The molecule has 1 unspecified atom stereocenters. The molecule has 7 heteroatoms. The minimum atomic E-state index is -1.45. The van der Waals surface area contributed by atoms with Crippen LogP contribution >= 0.6 is 0 Å². The minimum Gasteiger partial charge on any atom is -0.550 e. The van der Waals surface area contributed by atoms with Gasteiger partial charge in [0.15, 0.2) is 0 Å². The van der Waals surface area contributed by atoms with Crippen molar-refractivity contribution in [1.29, 1.82) is 0 Å². The maximum Gasteiger partial charge on any atom is 1.00 e. The van der Waals surface area contributed by atoms with Gasteiger partial charge in [-0.1, -0.05) is 71.1 Å². The molecule has 140 valence electrons. The summed E-state index contributed by atoms with van der Waals surface area (Å²) in [7, 11) is 0. The van der Waals surface area contributed by atoms with E-state index in [2.05, 4.69) is 11.7 Å². The smallest absolute Gasteiger partial charge is 0.550 e. The van der Waals surface area contributed by atoms with Gasteiger partial charge in [0.1, 0.15) is 6.04 Å². The summed E-state index contributed by atoms with van der Waals surface area (Å²) in [4.78, 5) is 33.1. The summed E-state index contributed by atoms with van der Waals surface area (Å²) in [6.07, 6.45) is 12.4. The Morgan fingerprint density at radius 3 is 1.76 bits per heavy atom. The number of carbonyl (C=O) groups excluding carboxylic acids is 3. The summed E-state index contributed by atoms with van der Waals surface area (Å²) in [6.45, 7) is 2.22. The average molecular weight is 382 g/mol. The predicted octanol–water partition coefficient (Wildman–Crippen LogP) is -0.771. The van der Waals surface area contributed by atoms with Gasteiger partial charge < -0.3 is 20.4 Å². The molecule has 0 amide bonds. The quantitative estimate of drug-likeness (QED) is 0.173. The van der Waals surface area contributed by atoms with Crippen LogP contribution in [0.15, 0.2) is 0 Å². The third kappa shape index (κ3) is 18.8. The first-order chi connectivity index (χ1) is 11.5. The first kappa shape index (κ1) is 27.4. The first-order valence-electron chi connectivity index (χ1n) is 9.17. The van der Waals surface area contributed by atoms with Crippen LogP contribution in [-0.2, 0) is 19.1 Å². The van der Waals surface area contributed by atoms with Gasteiger partial charge in [-0.3, -0.25) is 4.79 Å². The van der Waals surface area contributed by atoms with Crippen molar-refractivity contribution >= 4 is 17.9 Å². The van der Waals surface area contributed by atoms with Crippen molar-refractivity contribution in [2.24, 2.45) is 5.73 Å². The van der Waals surface area contributed by atoms with Crippen LogP contribution < -0.4 is 62.2 Å². The van der Waals surface area contributed by atoms with Crippen LogP contribution in [0.4, 0.5) is 0 Å². The number of carboxylic acids is 1. The molecule has 0 bridgehead atoms. The Hall–Kier alpha value is 0.206. The van der Waals surface area contributed by atoms with Crippen molar-refractivity contribution in [2.45, 2.75) is 96.4 Å². The topological polar surface area (TPSA) is 110 Å². The molecule has 0 aliphatic rings. The Morgan fingerprint density at radius 2 is 1.32 bits per heavy atom. The molecule has 0 aromatic heterocycles. The molecule has 0 aliphatic heterocycles. The van der Waals surface area contributed by atoms with Crippen molar-refractivity contribution in [3.63, 3.8) is 0 Å². The largest absolute Gasteiger partial charge is 1.00 e. The average Bonchev–Trinajstić information content (AvgIpc) is 2.51. The number of carboxylic acid groups (broad SMARTS) is 1. The van der Waals surface area contributed by atoms with E-state index in [4.69, 9.17) is 5.73 Å². The summed E-state index contributed by atoms with van der Waals surface area (Å²) < 4.78 is 4.51. The fourth-order valence-electron chi connectivity index (χ4n) is 2.44. The molecule has 0 saturated carbocycles. The second-order valence-electron chi connectivity index (χ2n) is 6.26. The van der Waals surface area contributed by atoms with Gasteiger partial charge in [-0.2, -0.15) is 0 Å². The fourth-order valence-corrected chi connectivity index (χ4v) is 2.44. The molecule has 2 N–H and O–H groups in total. The molecule has 0 fully saturated rings. The standard InChI is InChI=1S/C18H33NO5.K/c1-2-3-4-5-6-7-8-9-10-11-12-13-17(22)24-18(23)15(19)14-16(20)21;/h15H,2-14,19H2,1H3,(H,20,21);/q;+1/p-1. The normalized spacial score (nSPS) is 11.4. The van der Waals surface area contributed by atoms with E-state index in [9.17, 15) is 19.5 Å². The van der Waals surface area contributed by atoms with E-state index in [1.54, 1.807) is 0 Å². The molecule has 0 rings (SSSR count). The number of hydrogen-bond acceptors (Lipinski definition) is 6. The third-order valence-electron chi connectivity index (χ3n) is 3.89. The number of nitrogens with two attached hydrogens (primary N) is 1. The van der Waals surface area contributed by atoms with Crippen LogP contribution in [0.25, 0.3) is 0 Å². The molecule has 0 aromatic carbocycles. The van der Waals surface area contributed by atoms with Crippen LogP contribution in [-0.4, -0.2) is 23.9 Å². The minimum absolute atomic E-state index is 0. The monoisotopic (exact) mass is 381 g/mol. The molecule has 0 spiro atoms. The Morgan fingerprint density at radius 1 is 0.880 bits per heavy atom. The summed E-state index contributed by atoms with van der Waals surface area (Å²) in [6, 6.07) is -1.35. The molecule has 6 nitrogen and oxygen atoms in total. The summed E-state index contributed by atoms with van der Waals surface area (Å²) in [5.41, 5.74) is 5.28. The maximum absolute atomic E-state index is 11.4. The first-order valence-corrected chi connectivity index (χ1v) is 9.17. The Bertz CT molecular complexity index is 376. The number of unbranched alkanes of at least 4 members (excludes halogenated alkanes) is 10.